The summed E-state index contributed by atoms with van der Waals surface area (Å²) >= 11 is 1.22. The Morgan fingerprint density at radius 3 is 2.54 bits per heavy atom. The molecule has 1 N–H and O–H groups in total. The van der Waals surface area contributed by atoms with E-state index in [1.165, 1.54) is 17.4 Å². The molecule has 2 aromatic carbocycles. The Morgan fingerprint density at radius 1 is 1.19 bits per heavy atom. The molecule has 8 heteroatoms. The van der Waals surface area contributed by atoms with Crippen LogP contribution in [0.5, 0.6) is 5.75 Å². The summed E-state index contributed by atoms with van der Waals surface area (Å²) in [6.07, 6.45) is 0.457. The van der Waals surface area contributed by atoms with Crippen LogP contribution < -0.4 is 10.1 Å². The number of thiazole rings is 1. The largest absolute Gasteiger partial charge is 0.481 e. The number of carbonyl (C=O) groups excluding carboxylic acids is 1. The monoisotopic (exact) mass is 390 g/mol. The number of aryl methyl sites for hydroxylation is 1. The van der Waals surface area contributed by atoms with E-state index in [1.54, 1.807) is 19.1 Å². The number of nitrogens with one attached hydrogen (secondary N) is 1. The Morgan fingerprint density at radius 2 is 1.88 bits per heavy atom. The molecule has 26 heavy (non-hydrogen) atoms. The van der Waals surface area contributed by atoms with Crippen molar-refractivity contribution in [3.05, 3.63) is 48.0 Å². The van der Waals surface area contributed by atoms with Gasteiger partial charge in [-0.05, 0) is 44.2 Å². The van der Waals surface area contributed by atoms with Crippen molar-refractivity contribution >= 4 is 42.4 Å². The van der Waals surface area contributed by atoms with E-state index in [4.69, 9.17) is 4.74 Å². The molecule has 0 radical (unpaired) electrons. The normalized spacial score (nSPS) is 12.7. The summed E-state index contributed by atoms with van der Waals surface area (Å²) in [5.41, 5.74) is 1.74. The zero-order valence-electron chi connectivity index (χ0n) is 14.5. The van der Waals surface area contributed by atoms with Crippen LogP contribution in [-0.4, -0.2) is 31.7 Å². The van der Waals surface area contributed by atoms with E-state index in [1.807, 2.05) is 31.2 Å². The number of ether oxygens (including phenoxy) is 1. The van der Waals surface area contributed by atoms with Gasteiger partial charge in [-0.25, -0.2) is 13.4 Å². The lowest BCUT2D eigenvalue weighted by atomic mass is 10.2. The fourth-order valence-corrected chi connectivity index (χ4v) is 3.90. The van der Waals surface area contributed by atoms with Gasteiger partial charge in [0, 0.05) is 6.26 Å². The quantitative estimate of drug-likeness (QED) is 0.721. The number of carbonyl (C=O) groups is 1. The maximum absolute atomic E-state index is 12.3. The highest BCUT2D eigenvalue weighted by atomic mass is 32.2. The maximum Gasteiger partial charge on any atom is 0.266 e. The van der Waals surface area contributed by atoms with Crippen LogP contribution in [0.2, 0.25) is 0 Å². The van der Waals surface area contributed by atoms with Crippen LogP contribution >= 0.6 is 11.3 Å². The fraction of sp³-hybridized carbons (Fsp3) is 0.222. The van der Waals surface area contributed by atoms with Crippen LogP contribution in [0.25, 0.3) is 10.2 Å². The van der Waals surface area contributed by atoms with Gasteiger partial charge in [0.1, 0.15) is 5.75 Å². The highest BCUT2D eigenvalue weighted by Crippen LogP contribution is 2.28. The van der Waals surface area contributed by atoms with Crippen LogP contribution in [0.4, 0.5) is 5.13 Å². The first-order valence-electron chi connectivity index (χ1n) is 7.87. The third kappa shape index (κ3) is 4.20. The Hall–Kier alpha value is -2.45. The van der Waals surface area contributed by atoms with Crippen LogP contribution in [-0.2, 0) is 14.6 Å². The zero-order chi connectivity index (χ0) is 18.9. The summed E-state index contributed by atoms with van der Waals surface area (Å²) in [6.45, 7) is 3.63. The van der Waals surface area contributed by atoms with Crippen LogP contribution in [0, 0.1) is 6.92 Å². The van der Waals surface area contributed by atoms with Gasteiger partial charge in [-0.2, -0.15) is 0 Å². The first-order chi connectivity index (χ1) is 12.2. The number of hydrogen-bond acceptors (Lipinski definition) is 6. The third-order valence-corrected chi connectivity index (χ3v) is 5.77. The minimum absolute atomic E-state index is 0.225. The predicted octanol–water partition coefficient (Wildman–Crippen LogP) is 3.41. The molecule has 0 aliphatic heterocycles. The lowest BCUT2D eigenvalue weighted by Gasteiger charge is -2.13. The molecule has 136 valence electrons. The number of benzene rings is 2. The van der Waals surface area contributed by atoms with Gasteiger partial charge in [0.2, 0.25) is 0 Å². The van der Waals surface area contributed by atoms with E-state index in [0.717, 1.165) is 11.8 Å². The number of aromatic nitrogens is 1. The molecule has 3 aromatic rings. The molecule has 1 amide bonds. The van der Waals surface area contributed by atoms with Gasteiger partial charge in [0.25, 0.3) is 5.91 Å². The van der Waals surface area contributed by atoms with Crippen molar-refractivity contribution in [2.45, 2.75) is 24.8 Å². The van der Waals surface area contributed by atoms with Crippen LogP contribution in [0.1, 0.15) is 12.5 Å². The molecule has 3 rings (SSSR count). The summed E-state index contributed by atoms with van der Waals surface area (Å²) in [5.74, 6) is 0.285. The number of anilines is 1. The summed E-state index contributed by atoms with van der Waals surface area (Å²) in [5, 5.41) is 3.11. The minimum Gasteiger partial charge on any atom is -0.481 e. The highest BCUT2D eigenvalue weighted by molar-refractivity contribution is 7.90. The van der Waals surface area contributed by atoms with Gasteiger partial charge in [-0.15, -0.1) is 0 Å². The van der Waals surface area contributed by atoms with Gasteiger partial charge in [0.15, 0.2) is 21.1 Å². The zero-order valence-corrected chi connectivity index (χ0v) is 16.1. The summed E-state index contributed by atoms with van der Waals surface area (Å²) in [7, 11) is -3.29. The molecule has 0 aliphatic carbocycles. The molecule has 6 nitrogen and oxygen atoms in total. The van der Waals surface area contributed by atoms with Crippen LogP contribution in [0.15, 0.2) is 47.4 Å². The van der Waals surface area contributed by atoms with Gasteiger partial charge in [-0.1, -0.05) is 29.0 Å². The third-order valence-electron chi connectivity index (χ3n) is 3.72. The van der Waals surface area contributed by atoms with Crippen molar-refractivity contribution in [2.24, 2.45) is 0 Å². The van der Waals surface area contributed by atoms with Crippen molar-refractivity contribution < 1.29 is 17.9 Å². The maximum atomic E-state index is 12.3. The van der Waals surface area contributed by atoms with Crippen molar-refractivity contribution in [1.29, 1.82) is 0 Å². The number of amides is 1. The molecule has 1 aromatic heterocycles. The molecule has 1 heterocycles. The topological polar surface area (TPSA) is 85.4 Å². The van der Waals surface area contributed by atoms with Gasteiger partial charge in [-0.3, -0.25) is 10.1 Å². The molecule has 0 spiro atoms. The smallest absolute Gasteiger partial charge is 0.266 e. The number of sulfone groups is 1. The van der Waals surface area contributed by atoms with Crippen molar-refractivity contribution in [1.82, 2.24) is 4.98 Å². The molecule has 1 unspecified atom stereocenters. The van der Waals surface area contributed by atoms with Crippen molar-refractivity contribution in [2.75, 3.05) is 11.6 Å². The Kier molecular flexibility index (Phi) is 4.97. The summed E-state index contributed by atoms with van der Waals surface area (Å²) < 4.78 is 29.6. The van der Waals surface area contributed by atoms with E-state index in [0.29, 0.717) is 21.1 Å². The Labute approximate surface area is 155 Å². The number of fused-ring (bicyclic) bond motifs is 1. The van der Waals surface area contributed by atoms with E-state index in [9.17, 15) is 13.2 Å². The highest BCUT2D eigenvalue weighted by Gasteiger charge is 2.17. The van der Waals surface area contributed by atoms with Gasteiger partial charge < -0.3 is 4.74 Å². The Bertz CT molecular complexity index is 1060. The second kappa shape index (κ2) is 7.05. The SMILES string of the molecule is Cc1ccc(OC(C)C(=O)Nc2nc3ccc(S(C)(=O)=O)cc3s2)cc1. The fourth-order valence-electron chi connectivity index (χ4n) is 2.27. The second-order valence-corrected chi connectivity index (χ2v) is 9.03. The summed E-state index contributed by atoms with van der Waals surface area (Å²) in [4.78, 5) is 16.9. The number of rotatable bonds is 5. The van der Waals surface area contributed by atoms with Gasteiger partial charge in [0.05, 0.1) is 15.1 Å². The first kappa shape index (κ1) is 18.3. The van der Waals surface area contributed by atoms with E-state index < -0.39 is 15.9 Å². The average molecular weight is 390 g/mol. The molecular weight excluding hydrogens is 372 g/mol. The molecule has 0 aliphatic rings. The van der Waals surface area contributed by atoms with E-state index in [-0.39, 0.29) is 10.8 Å². The van der Waals surface area contributed by atoms with Crippen molar-refractivity contribution in [3.8, 4) is 5.75 Å². The molecule has 0 saturated heterocycles. The van der Waals surface area contributed by atoms with Crippen LogP contribution in [0.3, 0.4) is 0 Å². The molecule has 0 fully saturated rings. The van der Waals surface area contributed by atoms with E-state index in [2.05, 4.69) is 10.3 Å². The standard InChI is InChI=1S/C18H18N2O4S2/c1-11-4-6-13(7-5-11)24-12(2)17(21)20-18-19-15-9-8-14(26(3,22)23)10-16(15)25-18/h4-10,12H,1-3H3,(H,19,20,21). The minimum atomic E-state index is -3.29. The van der Waals surface area contributed by atoms with Crippen molar-refractivity contribution in [3.63, 3.8) is 0 Å². The number of hydrogen-bond donors (Lipinski definition) is 1. The molecule has 0 saturated carbocycles. The first-order valence-corrected chi connectivity index (χ1v) is 10.6. The lowest BCUT2D eigenvalue weighted by molar-refractivity contribution is -0.122. The Balaban J connectivity index is 1.73. The lowest BCUT2D eigenvalue weighted by Crippen LogP contribution is -2.30. The van der Waals surface area contributed by atoms with Gasteiger partial charge >= 0.3 is 0 Å². The predicted molar refractivity (Wildman–Crippen MR) is 103 cm³/mol. The summed E-state index contributed by atoms with van der Waals surface area (Å²) in [6, 6.07) is 12.1. The molecular formula is C18H18N2O4S2. The van der Waals surface area contributed by atoms with E-state index >= 15 is 0 Å². The average Bonchev–Trinajstić information content (AvgIpc) is 2.97. The number of nitrogens with zero attached hydrogens (tertiary/aromatic N) is 1. The second-order valence-electron chi connectivity index (χ2n) is 5.98. The molecule has 1 atom stereocenters. The molecule has 0 bridgehead atoms.